The summed E-state index contributed by atoms with van der Waals surface area (Å²) in [5, 5.41) is -0.112. The Morgan fingerprint density at radius 1 is 1.33 bits per heavy atom. The molecule has 1 atom stereocenters. The molecule has 4 nitrogen and oxygen atoms in total. The maximum Gasteiger partial charge on any atom is 0.127 e. The van der Waals surface area contributed by atoms with Crippen LogP contribution >= 0.6 is 11.6 Å². The van der Waals surface area contributed by atoms with Crippen LogP contribution in [0.25, 0.3) is 11.0 Å². The summed E-state index contributed by atoms with van der Waals surface area (Å²) in [5.74, 6) is 0.911. The minimum absolute atomic E-state index is 0.112. The van der Waals surface area contributed by atoms with Gasteiger partial charge in [-0.2, -0.15) is 0 Å². The lowest BCUT2D eigenvalue weighted by Gasteiger charge is -2.12. The highest BCUT2D eigenvalue weighted by molar-refractivity contribution is 6.20. The Kier molecular flexibility index (Phi) is 5.62. The fourth-order valence-corrected chi connectivity index (χ4v) is 2.47. The van der Waals surface area contributed by atoms with Gasteiger partial charge in [-0.25, -0.2) is 4.98 Å². The van der Waals surface area contributed by atoms with Crippen LogP contribution in [0.1, 0.15) is 23.7 Å². The van der Waals surface area contributed by atoms with E-state index in [2.05, 4.69) is 39.6 Å². The summed E-state index contributed by atoms with van der Waals surface area (Å²) in [6.45, 7) is 7.15. The maximum atomic E-state index is 6.27. The first kappa shape index (κ1) is 16.3. The van der Waals surface area contributed by atoms with Gasteiger partial charge in [-0.3, -0.25) is 0 Å². The molecule has 0 fully saturated rings. The topological polar surface area (TPSA) is 30.3 Å². The lowest BCUT2D eigenvalue weighted by Crippen LogP contribution is -2.19. The second kappa shape index (κ2) is 7.25. The lowest BCUT2D eigenvalue weighted by atomic mass is 10.2. The molecule has 1 aromatic carbocycles. The molecule has 1 aromatic heterocycles. The molecule has 0 aliphatic rings. The van der Waals surface area contributed by atoms with Crippen LogP contribution in [0.15, 0.2) is 18.2 Å². The van der Waals surface area contributed by atoms with E-state index in [0.717, 1.165) is 36.6 Å². The van der Waals surface area contributed by atoms with Crippen molar-refractivity contribution in [2.75, 3.05) is 33.9 Å². The molecule has 1 heterocycles. The van der Waals surface area contributed by atoms with E-state index < -0.39 is 0 Å². The standard InChI is InChI=1S/C16H24ClN3O/c1-12-5-6-15-14(11-12)18-16(13(2)17)20(15)8-10-21-9-7-19(3)4/h5-6,11,13H,7-10H2,1-4H3. The molecule has 21 heavy (non-hydrogen) atoms. The fraction of sp³-hybridized carbons (Fsp3) is 0.562. The van der Waals surface area contributed by atoms with Crippen LogP contribution in [0.4, 0.5) is 0 Å². The Morgan fingerprint density at radius 2 is 2.10 bits per heavy atom. The molecule has 1 unspecified atom stereocenters. The number of hydrogen-bond donors (Lipinski definition) is 0. The van der Waals surface area contributed by atoms with Gasteiger partial charge in [-0.1, -0.05) is 6.07 Å². The van der Waals surface area contributed by atoms with E-state index in [1.807, 2.05) is 21.0 Å². The number of halogens is 1. The van der Waals surface area contributed by atoms with Gasteiger partial charge >= 0.3 is 0 Å². The van der Waals surface area contributed by atoms with E-state index in [4.69, 9.17) is 16.3 Å². The highest BCUT2D eigenvalue weighted by atomic mass is 35.5. The smallest absolute Gasteiger partial charge is 0.127 e. The monoisotopic (exact) mass is 309 g/mol. The number of alkyl halides is 1. The van der Waals surface area contributed by atoms with Crippen molar-refractivity contribution in [3.63, 3.8) is 0 Å². The maximum absolute atomic E-state index is 6.27. The first-order chi connectivity index (χ1) is 9.99. The van der Waals surface area contributed by atoms with Crippen LogP contribution in [0, 0.1) is 6.92 Å². The number of hydrogen-bond acceptors (Lipinski definition) is 3. The molecular formula is C16H24ClN3O. The van der Waals surface area contributed by atoms with E-state index in [9.17, 15) is 0 Å². The fourth-order valence-electron chi connectivity index (χ4n) is 2.30. The van der Waals surface area contributed by atoms with Crippen LogP contribution in [0.3, 0.4) is 0 Å². The summed E-state index contributed by atoms with van der Waals surface area (Å²) in [6, 6.07) is 6.32. The third-order valence-corrected chi connectivity index (χ3v) is 3.63. The van der Waals surface area contributed by atoms with Gasteiger partial charge < -0.3 is 14.2 Å². The van der Waals surface area contributed by atoms with Crippen LogP contribution in [-0.2, 0) is 11.3 Å². The molecule has 0 saturated carbocycles. The normalized spacial score (nSPS) is 13.2. The van der Waals surface area contributed by atoms with E-state index >= 15 is 0 Å². The number of aromatic nitrogens is 2. The molecule has 0 aliphatic carbocycles. The number of ether oxygens (including phenoxy) is 1. The Balaban J connectivity index is 2.11. The second-order valence-corrected chi connectivity index (χ2v) is 6.30. The van der Waals surface area contributed by atoms with Crippen molar-refractivity contribution < 1.29 is 4.74 Å². The third-order valence-electron chi connectivity index (χ3n) is 3.43. The quantitative estimate of drug-likeness (QED) is 0.581. The second-order valence-electron chi connectivity index (χ2n) is 5.65. The van der Waals surface area contributed by atoms with Gasteiger partial charge in [0, 0.05) is 13.1 Å². The minimum atomic E-state index is -0.112. The molecule has 2 rings (SSSR count). The number of aryl methyl sites for hydroxylation is 1. The van der Waals surface area contributed by atoms with Crippen LogP contribution in [0.2, 0.25) is 0 Å². The largest absolute Gasteiger partial charge is 0.378 e. The van der Waals surface area contributed by atoms with Gasteiger partial charge in [0.25, 0.3) is 0 Å². The van der Waals surface area contributed by atoms with Gasteiger partial charge in [-0.05, 0) is 45.6 Å². The lowest BCUT2D eigenvalue weighted by molar-refractivity contribution is 0.111. The van der Waals surface area contributed by atoms with Crippen LogP contribution < -0.4 is 0 Å². The van der Waals surface area contributed by atoms with Gasteiger partial charge in [0.1, 0.15) is 5.82 Å². The summed E-state index contributed by atoms with van der Waals surface area (Å²) in [7, 11) is 4.09. The van der Waals surface area contributed by atoms with Crippen molar-refractivity contribution in [2.24, 2.45) is 0 Å². The highest BCUT2D eigenvalue weighted by Gasteiger charge is 2.14. The van der Waals surface area contributed by atoms with E-state index in [1.54, 1.807) is 0 Å². The summed E-state index contributed by atoms with van der Waals surface area (Å²) < 4.78 is 7.86. The molecule has 116 valence electrons. The minimum Gasteiger partial charge on any atom is -0.378 e. The van der Waals surface area contributed by atoms with Crippen molar-refractivity contribution in [1.29, 1.82) is 0 Å². The summed E-state index contributed by atoms with van der Waals surface area (Å²) in [6.07, 6.45) is 0. The van der Waals surface area contributed by atoms with E-state index in [0.29, 0.717) is 6.61 Å². The zero-order chi connectivity index (χ0) is 15.4. The summed E-state index contributed by atoms with van der Waals surface area (Å²) in [4.78, 5) is 6.78. The molecule has 0 bridgehead atoms. The zero-order valence-electron chi connectivity index (χ0n) is 13.3. The van der Waals surface area contributed by atoms with Crippen molar-refractivity contribution >= 4 is 22.6 Å². The van der Waals surface area contributed by atoms with Gasteiger partial charge in [0.15, 0.2) is 0 Å². The van der Waals surface area contributed by atoms with E-state index in [1.165, 1.54) is 5.56 Å². The molecule has 0 spiro atoms. The predicted molar refractivity (Wildman–Crippen MR) is 88.1 cm³/mol. The first-order valence-electron chi connectivity index (χ1n) is 7.32. The highest BCUT2D eigenvalue weighted by Crippen LogP contribution is 2.25. The van der Waals surface area contributed by atoms with E-state index in [-0.39, 0.29) is 5.38 Å². The number of benzene rings is 1. The average Bonchev–Trinajstić information content (AvgIpc) is 2.76. The molecule has 0 amide bonds. The Bertz CT molecular complexity index is 592. The molecule has 0 saturated heterocycles. The predicted octanol–water partition coefficient (Wildman–Crippen LogP) is 3.22. The number of fused-ring (bicyclic) bond motifs is 1. The van der Waals surface area contributed by atoms with Gasteiger partial charge in [-0.15, -0.1) is 11.6 Å². The van der Waals surface area contributed by atoms with Crippen molar-refractivity contribution in [2.45, 2.75) is 25.8 Å². The summed E-state index contributed by atoms with van der Waals surface area (Å²) >= 11 is 6.27. The molecular weight excluding hydrogens is 286 g/mol. The van der Waals surface area contributed by atoms with Crippen molar-refractivity contribution in [1.82, 2.24) is 14.5 Å². The Morgan fingerprint density at radius 3 is 2.76 bits per heavy atom. The zero-order valence-corrected chi connectivity index (χ0v) is 14.0. The molecule has 2 aromatic rings. The molecule has 0 N–H and O–H groups in total. The number of imidazole rings is 1. The SMILES string of the molecule is Cc1ccc2c(c1)nc(C(C)Cl)n2CCOCCN(C)C. The molecule has 5 heteroatoms. The average molecular weight is 310 g/mol. The van der Waals surface area contributed by atoms with Crippen molar-refractivity contribution in [3.8, 4) is 0 Å². The number of rotatable bonds is 7. The summed E-state index contributed by atoms with van der Waals surface area (Å²) in [5.41, 5.74) is 3.34. The Hall–Kier alpha value is -1.10. The van der Waals surface area contributed by atoms with Crippen molar-refractivity contribution in [3.05, 3.63) is 29.6 Å². The third kappa shape index (κ3) is 4.19. The van der Waals surface area contributed by atoms with Crippen LogP contribution in [-0.4, -0.2) is 48.3 Å². The molecule has 0 radical (unpaired) electrons. The number of likely N-dealkylation sites (N-methyl/N-ethyl adjacent to an activating group) is 1. The Labute approximate surface area is 131 Å². The van der Waals surface area contributed by atoms with Crippen LogP contribution in [0.5, 0.6) is 0 Å². The van der Waals surface area contributed by atoms with Gasteiger partial charge in [0.05, 0.1) is 29.6 Å². The number of nitrogens with zero attached hydrogens (tertiary/aromatic N) is 3. The van der Waals surface area contributed by atoms with Gasteiger partial charge in [0.2, 0.25) is 0 Å². The first-order valence-corrected chi connectivity index (χ1v) is 7.76. The molecule has 0 aliphatic heterocycles.